The summed E-state index contributed by atoms with van der Waals surface area (Å²) in [5, 5.41) is 0.532. The molecule has 1 atom stereocenters. The minimum atomic E-state index is -0.718. The van der Waals surface area contributed by atoms with Crippen molar-refractivity contribution in [1.29, 1.82) is 0 Å². The van der Waals surface area contributed by atoms with E-state index in [-0.39, 0.29) is 24.9 Å². The molecule has 2 rings (SSSR count). The monoisotopic (exact) mass is 367 g/mol. The highest BCUT2D eigenvalue weighted by atomic mass is 35.5. The second-order valence-corrected chi connectivity index (χ2v) is 5.83. The summed E-state index contributed by atoms with van der Waals surface area (Å²) in [6, 6.07) is 5.24. The second-order valence-electron chi connectivity index (χ2n) is 5.40. The molecule has 1 aliphatic heterocycles. The van der Waals surface area contributed by atoms with Crippen molar-refractivity contribution in [2.75, 3.05) is 24.7 Å². The van der Waals surface area contributed by atoms with Crippen LogP contribution in [0.4, 0.5) is 5.69 Å². The van der Waals surface area contributed by atoms with Gasteiger partial charge in [0.05, 0.1) is 25.4 Å². The largest absolute Gasteiger partial charge is 0.486 e. The van der Waals surface area contributed by atoms with Crippen LogP contribution in [0.2, 0.25) is 5.02 Å². The van der Waals surface area contributed by atoms with Gasteiger partial charge in [-0.2, -0.15) is 0 Å². The van der Waals surface area contributed by atoms with Gasteiger partial charge in [0.25, 0.3) is 0 Å². The van der Waals surface area contributed by atoms with Gasteiger partial charge in [0, 0.05) is 11.2 Å². The molecule has 25 heavy (non-hydrogen) atoms. The fourth-order valence-electron chi connectivity index (χ4n) is 2.45. The zero-order valence-corrected chi connectivity index (χ0v) is 15.3. The van der Waals surface area contributed by atoms with E-state index >= 15 is 0 Å². The Morgan fingerprint density at radius 3 is 2.44 bits per heavy atom. The molecule has 1 aliphatic rings. The third kappa shape index (κ3) is 4.66. The molecule has 0 unspecified atom stereocenters. The Bertz CT molecular complexity index is 653. The number of carbonyl (C=O) groups is 2. The normalized spacial score (nSPS) is 15.7. The van der Waals surface area contributed by atoms with E-state index in [1.54, 1.807) is 36.9 Å². The molecule has 0 spiro atoms. The van der Waals surface area contributed by atoms with Crippen molar-refractivity contribution in [2.45, 2.75) is 33.3 Å². The molecule has 1 heterocycles. The topological polar surface area (TPSA) is 65.1 Å². The van der Waals surface area contributed by atoms with Gasteiger partial charge in [0.2, 0.25) is 0 Å². The molecular formula is C18H22ClNO5. The molecule has 1 aromatic carbocycles. The lowest BCUT2D eigenvalue weighted by Crippen LogP contribution is -2.37. The van der Waals surface area contributed by atoms with Gasteiger partial charge in [0.1, 0.15) is 11.9 Å². The van der Waals surface area contributed by atoms with Crippen molar-refractivity contribution in [3.05, 3.63) is 35.0 Å². The van der Waals surface area contributed by atoms with Crippen LogP contribution in [0, 0.1) is 0 Å². The highest BCUT2D eigenvalue weighted by Crippen LogP contribution is 2.36. The Kier molecular flexibility index (Phi) is 6.70. The van der Waals surface area contributed by atoms with Crippen molar-refractivity contribution in [3.63, 3.8) is 0 Å². The Balaban J connectivity index is 2.44. The highest BCUT2D eigenvalue weighted by Gasteiger charge is 2.28. The summed E-state index contributed by atoms with van der Waals surface area (Å²) >= 11 is 6.09. The minimum Gasteiger partial charge on any atom is -0.486 e. The van der Waals surface area contributed by atoms with Gasteiger partial charge < -0.3 is 19.1 Å². The van der Waals surface area contributed by atoms with Crippen LogP contribution in [0.3, 0.4) is 0 Å². The molecule has 0 aromatic heterocycles. The quantitative estimate of drug-likeness (QED) is 0.332. The van der Waals surface area contributed by atoms with Crippen LogP contribution >= 0.6 is 11.6 Å². The van der Waals surface area contributed by atoms with Crippen LogP contribution in [0.5, 0.6) is 5.75 Å². The number of hydrogen-bond acceptors (Lipinski definition) is 6. The fourth-order valence-corrected chi connectivity index (χ4v) is 2.61. The lowest BCUT2D eigenvalue weighted by Gasteiger charge is -2.34. The lowest BCUT2D eigenvalue weighted by atomic mass is 10.1. The number of halogens is 1. The maximum absolute atomic E-state index is 12.2. The Morgan fingerprint density at radius 1 is 1.24 bits per heavy atom. The molecule has 1 aromatic rings. The number of nitrogens with zero attached hydrogens (tertiary/aromatic N) is 1. The van der Waals surface area contributed by atoms with Crippen LogP contribution < -0.4 is 9.64 Å². The van der Waals surface area contributed by atoms with E-state index in [4.69, 9.17) is 25.8 Å². The highest BCUT2D eigenvalue weighted by molar-refractivity contribution is 6.31. The number of hydrogen-bond donors (Lipinski definition) is 0. The van der Waals surface area contributed by atoms with E-state index < -0.39 is 11.9 Å². The summed E-state index contributed by atoms with van der Waals surface area (Å²) < 4.78 is 15.9. The average Bonchev–Trinajstić information content (AvgIpc) is 2.59. The average molecular weight is 368 g/mol. The summed E-state index contributed by atoms with van der Waals surface area (Å²) in [4.78, 5) is 26.2. The molecule has 0 aliphatic carbocycles. The van der Waals surface area contributed by atoms with E-state index in [9.17, 15) is 9.59 Å². The number of rotatable bonds is 6. The van der Waals surface area contributed by atoms with E-state index in [0.717, 1.165) is 6.42 Å². The van der Waals surface area contributed by atoms with Gasteiger partial charge in [-0.15, -0.1) is 0 Å². The minimum absolute atomic E-state index is 0.0735. The van der Waals surface area contributed by atoms with Gasteiger partial charge >= 0.3 is 11.9 Å². The first-order valence-electron chi connectivity index (χ1n) is 8.29. The van der Waals surface area contributed by atoms with E-state index in [0.29, 0.717) is 23.0 Å². The summed E-state index contributed by atoms with van der Waals surface area (Å²) in [6.45, 7) is 6.17. The van der Waals surface area contributed by atoms with Crippen LogP contribution in [0.15, 0.2) is 30.0 Å². The van der Waals surface area contributed by atoms with E-state index in [2.05, 4.69) is 0 Å². The zero-order valence-electron chi connectivity index (χ0n) is 14.6. The van der Waals surface area contributed by atoms with Crippen LogP contribution in [0.25, 0.3) is 0 Å². The van der Waals surface area contributed by atoms with Crippen molar-refractivity contribution < 1.29 is 23.8 Å². The van der Waals surface area contributed by atoms with Crippen molar-refractivity contribution in [2.24, 2.45) is 0 Å². The molecule has 0 radical (unpaired) electrons. The molecule has 0 amide bonds. The lowest BCUT2D eigenvalue weighted by molar-refractivity contribution is -0.146. The molecule has 6 nitrogen and oxygen atoms in total. The number of benzene rings is 1. The first-order valence-corrected chi connectivity index (χ1v) is 8.66. The molecule has 7 heteroatoms. The molecule has 0 N–H and O–H groups in total. The van der Waals surface area contributed by atoms with Gasteiger partial charge in [-0.3, -0.25) is 0 Å². The molecule has 0 saturated carbocycles. The number of ether oxygens (including phenoxy) is 3. The summed E-state index contributed by atoms with van der Waals surface area (Å²) in [7, 11) is 0. The van der Waals surface area contributed by atoms with Gasteiger partial charge in [-0.25, -0.2) is 9.59 Å². The van der Waals surface area contributed by atoms with Crippen LogP contribution in [0.1, 0.15) is 27.2 Å². The molecule has 0 saturated heterocycles. The van der Waals surface area contributed by atoms with E-state index in [1.165, 1.54) is 6.20 Å². The molecule has 136 valence electrons. The molecule has 0 fully saturated rings. The van der Waals surface area contributed by atoms with Crippen molar-refractivity contribution in [3.8, 4) is 5.75 Å². The smallest absolute Gasteiger partial charge is 0.347 e. The summed E-state index contributed by atoms with van der Waals surface area (Å²) in [6.07, 6.45) is 2.16. The third-order valence-electron chi connectivity index (χ3n) is 3.66. The van der Waals surface area contributed by atoms with E-state index in [1.807, 2.05) is 6.92 Å². The first kappa shape index (κ1) is 19.1. The van der Waals surface area contributed by atoms with Gasteiger partial charge in [-0.05, 0) is 38.5 Å². The van der Waals surface area contributed by atoms with Crippen molar-refractivity contribution >= 4 is 29.2 Å². The Hall–Kier alpha value is -2.21. The predicted octanol–water partition coefficient (Wildman–Crippen LogP) is 3.33. The standard InChI is InChI=1S/C18H22ClNO5/c1-4-13-10-20(15-9-12(19)7-8-16(15)25-13)11-14(17(21)23-5-2)18(22)24-6-3/h7-9,11,13H,4-6,10H2,1-3H3/t13-/m0/s1. The van der Waals surface area contributed by atoms with Crippen molar-refractivity contribution in [1.82, 2.24) is 0 Å². The van der Waals surface area contributed by atoms with Gasteiger partial charge in [0.15, 0.2) is 5.57 Å². The maximum atomic E-state index is 12.2. The van der Waals surface area contributed by atoms with Crippen LogP contribution in [-0.2, 0) is 19.1 Å². The third-order valence-corrected chi connectivity index (χ3v) is 3.89. The number of fused-ring (bicyclic) bond motifs is 1. The number of anilines is 1. The SMILES string of the molecule is CCOC(=O)C(=CN1C[C@H](CC)Oc2ccc(Cl)cc21)C(=O)OCC. The summed E-state index contributed by atoms with van der Waals surface area (Å²) in [5.41, 5.74) is 0.523. The fraction of sp³-hybridized carbons (Fsp3) is 0.444. The number of carbonyl (C=O) groups excluding carboxylic acids is 2. The zero-order chi connectivity index (χ0) is 18.4. The maximum Gasteiger partial charge on any atom is 0.347 e. The first-order chi connectivity index (χ1) is 12.0. The molecule has 0 bridgehead atoms. The van der Waals surface area contributed by atoms with Gasteiger partial charge in [-0.1, -0.05) is 18.5 Å². The predicted molar refractivity (Wildman–Crippen MR) is 94.9 cm³/mol. The molecular weight excluding hydrogens is 346 g/mol. The van der Waals surface area contributed by atoms with Crippen LogP contribution in [-0.4, -0.2) is 37.8 Å². The summed E-state index contributed by atoms with van der Waals surface area (Å²) in [5.74, 6) is -0.793. The Morgan fingerprint density at radius 2 is 1.88 bits per heavy atom. The second kappa shape index (κ2) is 8.76. The number of esters is 2. The Labute approximate surface area is 152 Å².